The van der Waals surface area contributed by atoms with Crippen molar-refractivity contribution in [3.8, 4) is 12.3 Å². The predicted octanol–water partition coefficient (Wildman–Crippen LogP) is -3.95. The summed E-state index contributed by atoms with van der Waals surface area (Å²) in [5, 5.41) is 0. The van der Waals surface area contributed by atoms with Gasteiger partial charge in [-0.15, -0.1) is 6.42 Å². The molecule has 0 spiro atoms. The van der Waals surface area contributed by atoms with Gasteiger partial charge in [0.15, 0.2) is 6.17 Å². The average molecular weight is 360 g/mol. The Labute approximate surface area is 126 Å². The summed E-state index contributed by atoms with van der Waals surface area (Å²) in [6.45, 7) is 11.0. The fourth-order valence-electron chi connectivity index (χ4n) is 4.53. The van der Waals surface area contributed by atoms with Gasteiger partial charge in [0.05, 0.1) is 19.6 Å². The highest BCUT2D eigenvalue weighted by atomic mass is 127. The highest BCUT2D eigenvalue weighted by Crippen LogP contribution is 2.38. The maximum atomic E-state index is 5.63. The lowest BCUT2D eigenvalue weighted by Gasteiger charge is -2.53. The number of rotatable bonds is 1. The molecule has 0 aromatic carbocycles. The van der Waals surface area contributed by atoms with Crippen LogP contribution in [0.1, 0.15) is 0 Å². The minimum absolute atomic E-state index is 0. The maximum Gasteiger partial charge on any atom is 0.176 e. The Bertz CT molecular complexity index is 376. The second-order valence-electron chi connectivity index (χ2n) is 5.96. The Balaban J connectivity index is 0.000001000. The third-order valence-electron chi connectivity index (χ3n) is 5.37. The molecule has 4 nitrogen and oxygen atoms in total. The molecule has 4 heterocycles. The van der Waals surface area contributed by atoms with E-state index < -0.39 is 0 Å². The van der Waals surface area contributed by atoms with Crippen LogP contribution < -0.4 is 24.0 Å². The Morgan fingerprint density at radius 1 is 0.944 bits per heavy atom. The first kappa shape index (κ1) is 13.1. The van der Waals surface area contributed by atoms with Crippen molar-refractivity contribution in [2.75, 3.05) is 58.9 Å². The van der Waals surface area contributed by atoms with E-state index in [1.165, 1.54) is 56.8 Å². The third-order valence-corrected chi connectivity index (χ3v) is 5.37. The average Bonchev–Trinajstić information content (AvgIpc) is 2.89. The summed E-state index contributed by atoms with van der Waals surface area (Å²) in [6.07, 6.45) is 6.96. The molecule has 0 saturated carbocycles. The van der Waals surface area contributed by atoms with Crippen LogP contribution in [0.15, 0.2) is 0 Å². The van der Waals surface area contributed by atoms with E-state index in [2.05, 4.69) is 20.6 Å². The van der Waals surface area contributed by atoms with Crippen molar-refractivity contribution in [1.82, 2.24) is 14.7 Å². The van der Waals surface area contributed by atoms with Gasteiger partial charge in [0.2, 0.25) is 0 Å². The number of halogens is 1. The molecule has 0 amide bonds. The molecule has 0 aliphatic carbocycles. The van der Waals surface area contributed by atoms with E-state index in [4.69, 9.17) is 6.42 Å². The molecule has 4 rings (SSSR count). The van der Waals surface area contributed by atoms with Crippen LogP contribution in [0.3, 0.4) is 0 Å². The summed E-state index contributed by atoms with van der Waals surface area (Å²) in [5.74, 6) is 2.95. The highest BCUT2D eigenvalue weighted by molar-refractivity contribution is 4.99. The molecule has 18 heavy (non-hydrogen) atoms. The van der Waals surface area contributed by atoms with Crippen LogP contribution >= 0.6 is 0 Å². The molecule has 3 atom stereocenters. The second kappa shape index (κ2) is 4.60. The standard InChI is InChI=1S/C13H21N4.HI/c1-2-9-17-10-7-15-4-3-14-5-6-16(8-11-17)13(17)12(14)15;/h1,12-13H,3-11H2;1H/q+1;/p-1. The zero-order chi connectivity index (χ0) is 11.5. The summed E-state index contributed by atoms with van der Waals surface area (Å²) in [6, 6.07) is 0. The van der Waals surface area contributed by atoms with Gasteiger partial charge in [-0.1, -0.05) is 0 Å². The summed E-state index contributed by atoms with van der Waals surface area (Å²) < 4.78 is 1.17. The van der Waals surface area contributed by atoms with Crippen LogP contribution in [0.4, 0.5) is 0 Å². The molecule has 100 valence electrons. The molecule has 0 aromatic rings. The minimum atomic E-state index is 0. The Morgan fingerprint density at radius 2 is 1.50 bits per heavy atom. The Hall–Kier alpha value is 0.130. The molecule has 0 N–H and O–H groups in total. The van der Waals surface area contributed by atoms with Crippen molar-refractivity contribution in [3.05, 3.63) is 0 Å². The van der Waals surface area contributed by atoms with Crippen molar-refractivity contribution < 1.29 is 28.5 Å². The number of piperazine rings is 2. The van der Waals surface area contributed by atoms with Gasteiger partial charge < -0.3 is 24.0 Å². The van der Waals surface area contributed by atoms with Gasteiger partial charge in [-0.25, -0.2) is 4.90 Å². The van der Waals surface area contributed by atoms with Crippen LogP contribution in [0, 0.1) is 12.3 Å². The van der Waals surface area contributed by atoms with Crippen molar-refractivity contribution in [2.24, 2.45) is 0 Å². The topological polar surface area (TPSA) is 9.72 Å². The summed E-state index contributed by atoms with van der Waals surface area (Å²) >= 11 is 0. The number of nitrogens with zero attached hydrogens (tertiary/aromatic N) is 4. The summed E-state index contributed by atoms with van der Waals surface area (Å²) in [4.78, 5) is 8.08. The van der Waals surface area contributed by atoms with E-state index in [0.717, 1.165) is 6.54 Å². The normalized spacial score (nSPS) is 43.3. The maximum absolute atomic E-state index is 5.63. The van der Waals surface area contributed by atoms with Gasteiger partial charge in [0.1, 0.15) is 12.7 Å². The van der Waals surface area contributed by atoms with E-state index in [-0.39, 0.29) is 24.0 Å². The van der Waals surface area contributed by atoms with Gasteiger partial charge in [-0.3, -0.25) is 14.3 Å². The second-order valence-corrected chi connectivity index (χ2v) is 5.96. The van der Waals surface area contributed by atoms with E-state index in [1.807, 2.05) is 0 Å². The molecule has 4 aliphatic heterocycles. The summed E-state index contributed by atoms with van der Waals surface area (Å²) in [7, 11) is 0. The molecule has 3 unspecified atom stereocenters. The smallest absolute Gasteiger partial charge is 0.176 e. The van der Waals surface area contributed by atoms with Gasteiger partial charge in [0, 0.05) is 32.7 Å². The van der Waals surface area contributed by atoms with Crippen LogP contribution in [0.5, 0.6) is 0 Å². The number of quaternary nitrogens is 1. The van der Waals surface area contributed by atoms with E-state index in [1.54, 1.807) is 0 Å². The molecule has 4 saturated heterocycles. The quantitative estimate of drug-likeness (QED) is 0.269. The minimum Gasteiger partial charge on any atom is -1.00 e. The molecule has 4 fully saturated rings. The van der Waals surface area contributed by atoms with Crippen LogP contribution in [-0.2, 0) is 0 Å². The predicted molar refractivity (Wildman–Crippen MR) is 66.0 cm³/mol. The van der Waals surface area contributed by atoms with Crippen molar-refractivity contribution in [3.63, 3.8) is 0 Å². The Morgan fingerprint density at radius 3 is 2.17 bits per heavy atom. The lowest BCUT2D eigenvalue weighted by molar-refractivity contribution is -0.947. The molecule has 5 heteroatoms. The first-order valence-electron chi connectivity index (χ1n) is 6.85. The van der Waals surface area contributed by atoms with Crippen molar-refractivity contribution in [2.45, 2.75) is 12.3 Å². The number of hydrogen-bond donors (Lipinski definition) is 0. The van der Waals surface area contributed by atoms with Crippen molar-refractivity contribution in [1.29, 1.82) is 0 Å². The SMILES string of the molecule is C#CC[N+]12CCN3CCN4CCN(CC1)C2C43.[I-]. The lowest BCUT2D eigenvalue weighted by atomic mass is 10.1. The summed E-state index contributed by atoms with van der Waals surface area (Å²) in [5.41, 5.74) is 0. The Kier molecular flexibility index (Phi) is 3.35. The number of hydrogen-bond acceptors (Lipinski definition) is 3. The number of terminal acetylenes is 1. The van der Waals surface area contributed by atoms with Crippen LogP contribution in [0.25, 0.3) is 0 Å². The van der Waals surface area contributed by atoms with Gasteiger partial charge in [-0.05, 0) is 5.92 Å². The van der Waals surface area contributed by atoms with E-state index in [9.17, 15) is 0 Å². The van der Waals surface area contributed by atoms with Crippen LogP contribution in [-0.4, -0.2) is 90.4 Å². The van der Waals surface area contributed by atoms with Gasteiger partial charge in [0.25, 0.3) is 0 Å². The zero-order valence-electron chi connectivity index (χ0n) is 10.8. The van der Waals surface area contributed by atoms with Gasteiger partial charge >= 0.3 is 0 Å². The van der Waals surface area contributed by atoms with Gasteiger partial charge in [-0.2, -0.15) is 0 Å². The van der Waals surface area contributed by atoms with Crippen LogP contribution in [0.2, 0.25) is 0 Å². The third kappa shape index (κ3) is 1.59. The molecular weight excluding hydrogens is 339 g/mol. The fourth-order valence-corrected chi connectivity index (χ4v) is 4.53. The molecule has 4 aliphatic rings. The first-order valence-corrected chi connectivity index (χ1v) is 6.85. The monoisotopic (exact) mass is 360 g/mol. The fraction of sp³-hybridized carbons (Fsp3) is 0.846. The van der Waals surface area contributed by atoms with E-state index >= 15 is 0 Å². The lowest BCUT2D eigenvalue weighted by Crippen LogP contribution is -3.00. The largest absolute Gasteiger partial charge is 1.00 e. The molecule has 0 radical (unpaired) electrons. The first-order chi connectivity index (χ1) is 8.34. The van der Waals surface area contributed by atoms with E-state index in [0.29, 0.717) is 12.3 Å². The molecule has 0 aromatic heterocycles. The van der Waals surface area contributed by atoms with Crippen molar-refractivity contribution >= 4 is 0 Å². The highest BCUT2D eigenvalue weighted by Gasteiger charge is 2.59. The molecular formula is C13H21IN4. The molecule has 0 bridgehead atoms. The zero-order valence-corrected chi connectivity index (χ0v) is 12.9.